The van der Waals surface area contributed by atoms with Crippen molar-refractivity contribution in [2.45, 2.75) is 12.3 Å². The maximum Gasteiger partial charge on any atom is 0.274 e. The molecule has 10 heteroatoms. The van der Waals surface area contributed by atoms with Gasteiger partial charge in [-0.25, -0.2) is 17.2 Å². The molecule has 1 N–H and O–H groups in total. The normalized spacial score (nSPS) is 13.1. The van der Waals surface area contributed by atoms with Crippen LogP contribution >= 0.6 is 0 Å². The van der Waals surface area contributed by atoms with Gasteiger partial charge in [-0.1, -0.05) is 6.07 Å². The number of fused-ring (bicyclic) bond motifs is 2. The molecule has 0 spiro atoms. The third kappa shape index (κ3) is 3.60. The van der Waals surface area contributed by atoms with Crippen LogP contribution in [0.4, 0.5) is 14.5 Å². The van der Waals surface area contributed by atoms with Crippen molar-refractivity contribution in [3.63, 3.8) is 0 Å². The molecule has 34 heavy (non-hydrogen) atoms. The summed E-state index contributed by atoms with van der Waals surface area (Å²) in [7, 11) is -1.74. The average Bonchev–Trinajstić information content (AvgIpc) is 3.12. The van der Waals surface area contributed by atoms with Crippen molar-refractivity contribution < 1.29 is 22.0 Å². The highest BCUT2D eigenvalue weighted by atomic mass is 32.2. The van der Waals surface area contributed by atoms with Crippen LogP contribution in [0.15, 0.2) is 53.6 Å². The van der Waals surface area contributed by atoms with Crippen LogP contribution in [0, 0.1) is 11.6 Å². The second kappa shape index (κ2) is 7.63. The lowest BCUT2D eigenvalue weighted by Gasteiger charge is -2.24. The van der Waals surface area contributed by atoms with Gasteiger partial charge in [0.15, 0.2) is 9.84 Å². The number of H-pyrrole nitrogens is 1. The summed E-state index contributed by atoms with van der Waals surface area (Å²) < 4.78 is 53.2. The third-order valence-electron chi connectivity index (χ3n) is 5.89. The highest BCUT2D eigenvalue weighted by molar-refractivity contribution is 7.89. The number of anilines is 1. The molecule has 0 bridgehead atoms. The van der Waals surface area contributed by atoms with Crippen molar-refractivity contribution in [3.05, 3.63) is 87.5 Å². The van der Waals surface area contributed by atoms with Gasteiger partial charge in [-0.15, -0.1) is 0 Å². The second-order valence-electron chi connectivity index (χ2n) is 8.46. The standard InChI is InChI=1S/C24H19F2N3O4S/c1-28-11-18-17-7-13(12-34(2,32)33)3-6-20(17)29(10-14-9-27-22(21(14)18)24(28)31)23(30)16-5-4-15(25)8-19(16)26/h3-9,11,27H,10,12H2,1-2H3. The Balaban J connectivity index is 1.79. The number of hydrogen-bond donors (Lipinski definition) is 1. The molecule has 174 valence electrons. The lowest BCUT2D eigenvalue weighted by atomic mass is 9.99. The van der Waals surface area contributed by atoms with Crippen LogP contribution in [-0.2, 0) is 29.2 Å². The van der Waals surface area contributed by atoms with Gasteiger partial charge in [-0.2, -0.15) is 0 Å². The molecule has 3 heterocycles. The Kier molecular flexibility index (Phi) is 4.94. The minimum absolute atomic E-state index is 0.0221. The van der Waals surface area contributed by atoms with Gasteiger partial charge in [0.25, 0.3) is 11.5 Å². The maximum atomic E-state index is 14.5. The molecule has 0 atom stereocenters. The van der Waals surface area contributed by atoms with Crippen LogP contribution in [0.3, 0.4) is 0 Å². The van der Waals surface area contributed by atoms with Crippen molar-refractivity contribution >= 4 is 32.3 Å². The van der Waals surface area contributed by atoms with E-state index in [1.807, 2.05) is 0 Å². The van der Waals surface area contributed by atoms with Gasteiger partial charge in [0.2, 0.25) is 0 Å². The van der Waals surface area contributed by atoms with Gasteiger partial charge in [0.1, 0.15) is 17.2 Å². The van der Waals surface area contributed by atoms with Gasteiger partial charge < -0.3 is 14.5 Å². The van der Waals surface area contributed by atoms with Crippen molar-refractivity contribution in [1.82, 2.24) is 9.55 Å². The Bertz CT molecular complexity index is 1670. The molecule has 5 rings (SSSR count). The molecule has 0 fully saturated rings. The van der Waals surface area contributed by atoms with Gasteiger partial charge in [-0.05, 0) is 35.4 Å². The quantitative estimate of drug-likeness (QED) is 0.483. The van der Waals surface area contributed by atoms with E-state index in [9.17, 15) is 26.8 Å². The van der Waals surface area contributed by atoms with E-state index < -0.39 is 27.4 Å². The lowest BCUT2D eigenvalue weighted by molar-refractivity contribution is 0.0981. The number of nitrogens with one attached hydrogen (secondary N) is 1. The van der Waals surface area contributed by atoms with E-state index in [0.29, 0.717) is 44.9 Å². The van der Waals surface area contributed by atoms with Crippen LogP contribution in [0.25, 0.3) is 22.0 Å². The number of nitrogens with zero attached hydrogens (tertiary/aromatic N) is 2. The topological polar surface area (TPSA) is 92.2 Å². The van der Waals surface area contributed by atoms with Gasteiger partial charge in [0, 0.05) is 48.3 Å². The summed E-state index contributed by atoms with van der Waals surface area (Å²) in [4.78, 5) is 30.5. The number of amides is 1. The summed E-state index contributed by atoms with van der Waals surface area (Å²) in [5.74, 6) is -2.70. The highest BCUT2D eigenvalue weighted by Crippen LogP contribution is 2.41. The summed E-state index contributed by atoms with van der Waals surface area (Å²) in [5, 5.41) is 0.607. The van der Waals surface area contributed by atoms with Crippen molar-refractivity contribution in [1.29, 1.82) is 0 Å². The summed E-state index contributed by atoms with van der Waals surface area (Å²) in [6, 6.07) is 7.62. The number of benzene rings is 2. The molecule has 0 aliphatic carbocycles. The number of carbonyl (C=O) groups is 1. The number of carbonyl (C=O) groups excluding carboxylic acids is 1. The zero-order valence-electron chi connectivity index (χ0n) is 18.2. The molecular weight excluding hydrogens is 464 g/mol. The third-order valence-corrected chi connectivity index (χ3v) is 6.75. The number of sulfone groups is 1. The Morgan fingerprint density at radius 3 is 2.59 bits per heavy atom. The first kappa shape index (κ1) is 22.0. The predicted molar refractivity (Wildman–Crippen MR) is 124 cm³/mol. The number of aromatic nitrogens is 2. The maximum absolute atomic E-state index is 14.5. The molecule has 0 unspecified atom stereocenters. The van der Waals surface area contributed by atoms with E-state index in [2.05, 4.69) is 4.98 Å². The predicted octanol–water partition coefficient (Wildman–Crippen LogP) is 3.52. The van der Waals surface area contributed by atoms with E-state index in [1.165, 1.54) is 9.47 Å². The lowest BCUT2D eigenvalue weighted by Crippen LogP contribution is -2.31. The Labute approximate surface area is 193 Å². The number of pyridine rings is 1. The SMILES string of the molecule is Cn1cc2c3c(c[nH]c3c1=O)CN(C(=O)c1ccc(F)cc1F)c1ccc(CS(C)(=O)=O)cc1-2. The number of hydrogen-bond acceptors (Lipinski definition) is 4. The number of aryl methyl sites for hydroxylation is 1. The van der Waals surface area contributed by atoms with E-state index in [0.717, 1.165) is 18.4 Å². The van der Waals surface area contributed by atoms with Crippen LogP contribution in [-0.4, -0.2) is 30.1 Å². The number of aromatic amines is 1. The second-order valence-corrected chi connectivity index (χ2v) is 10.6. The molecule has 0 saturated carbocycles. The first-order chi connectivity index (χ1) is 16.0. The number of halogens is 2. The van der Waals surface area contributed by atoms with Crippen molar-refractivity contribution in [2.24, 2.45) is 7.05 Å². The first-order valence-electron chi connectivity index (χ1n) is 10.3. The van der Waals surface area contributed by atoms with Gasteiger partial charge in [-0.3, -0.25) is 9.59 Å². The Hall–Kier alpha value is -3.79. The minimum atomic E-state index is -3.34. The molecule has 2 aromatic heterocycles. The largest absolute Gasteiger partial charge is 0.356 e. The first-order valence-corrected chi connectivity index (χ1v) is 12.4. The zero-order valence-corrected chi connectivity index (χ0v) is 19.0. The van der Waals surface area contributed by atoms with Crippen LogP contribution in [0.1, 0.15) is 21.5 Å². The van der Waals surface area contributed by atoms with Crippen LogP contribution < -0.4 is 10.5 Å². The summed E-state index contributed by atoms with van der Waals surface area (Å²) in [6.45, 7) is 0.0221. The molecule has 0 saturated heterocycles. The van der Waals surface area contributed by atoms with Crippen molar-refractivity contribution in [2.75, 3.05) is 11.2 Å². The van der Waals surface area contributed by atoms with Gasteiger partial charge >= 0.3 is 0 Å². The fourth-order valence-electron chi connectivity index (χ4n) is 4.43. The Morgan fingerprint density at radius 2 is 1.88 bits per heavy atom. The molecule has 1 aliphatic heterocycles. The summed E-state index contributed by atoms with van der Waals surface area (Å²) in [6.07, 6.45) is 4.39. The van der Waals surface area contributed by atoms with E-state index in [1.54, 1.807) is 37.6 Å². The van der Waals surface area contributed by atoms with E-state index in [4.69, 9.17) is 0 Å². The molecule has 1 amide bonds. The molecule has 4 aromatic rings. The Morgan fingerprint density at radius 1 is 1.12 bits per heavy atom. The van der Waals surface area contributed by atoms with Crippen molar-refractivity contribution in [3.8, 4) is 11.1 Å². The van der Waals surface area contributed by atoms with Crippen LogP contribution in [0.5, 0.6) is 0 Å². The van der Waals surface area contributed by atoms with E-state index >= 15 is 0 Å². The minimum Gasteiger partial charge on any atom is -0.356 e. The molecule has 1 aliphatic rings. The van der Waals surface area contributed by atoms with Gasteiger partial charge in [0.05, 0.1) is 23.5 Å². The molecular formula is C24H19F2N3O4S. The number of rotatable bonds is 3. The highest BCUT2D eigenvalue weighted by Gasteiger charge is 2.30. The van der Waals surface area contributed by atoms with Crippen LogP contribution in [0.2, 0.25) is 0 Å². The fraction of sp³-hybridized carbons (Fsp3) is 0.167. The zero-order chi connectivity index (χ0) is 24.4. The molecule has 0 radical (unpaired) electrons. The summed E-state index contributed by atoms with van der Waals surface area (Å²) in [5.41, 5.74) is 2.49. The summed E-state index contributed by atoms with van der Waals surface area (Å²) >= 11 is 0. The van der Waals surface area contributed by atoms with E-state index in [-0.39, 0.29) is 23.4 Å². The molecule has 2 aromatic carbocycles. The molecule has 7 nitrogen and oxygen atoms in total. The monoisotopic (exact) mass is 483 g/mol. The smallest absolute Gasteiger partial charge is 0.274 e. The fourth-order valence-corrected chi connectivity index (χ4v) is 5.22. The average molecular weight is 483 g/mol.